The molecule has 2 nitrogen and oxygen atoms in total. The highest BCUT2D eigenvalue weighted by molar-refractivity contribution is 5.24. The number of rotatable bonds is 6. The minimum absolute atomic E-state index is 0.509. The number of hydrogen-bond acceptors (Lipinski definition) is 2. The number of benzene rings is 1. The fraction of sp³-hybridized carbons (Fsp3) is 0.571. The van der Waals surface area contributed by atoms with E-state index in [1.807, 2.05) is 7.05 Å². The van der Waals surface area contributed by atoms with Crippen molar-refractivity contribution in [3.8, 4) is 0 Å². The Kier molecular flexibility index (Phi) is 5.50. The van der Waals surface area contributed by atoms with Crippen LogP contribution in [0.2, 0.25) is 0 Å². The zero-order valence-electron chi connectivity index (χ0n) is 10.9. The Hall–Kier alpha value is -0.860. The summed E-state index contributed by atoms with van der Waals surface area (Å²) >= 11 is 0. The molecule has 90 valence electrons. The van der Waals surface area contributed by atoms with E-state index in [0.29, 0.717) is 12.0 Å². The molecule has 1 aromatic carbocycles. The monoisotopic (exact) mass is 220 g/mol. The van der Waals surface area contributed by atoms with Crippen LogP contribution in [-0.4, -0.2) is 19.6 Å². The molecule has 0 amide bonds. The third kappa shape index (κ3) is 4.33. The summed E-state index contributed by atoms with van der Waals surface area (Å²) in [6, 6.07) is 9.40. The summed E-state index contributed by atoms with van der Waals surface area (Å²) in [4.78, 5) is 0. The zero-order valence-corrected chi connectivity index (χ0v) is 10.9. The standard InChI is InChI=1S/C14H24N2/c1-11(2)14-7-5-13(6-8-14)10-16-12(3)9-15-4/h5-8,11-12,15-16H,9-10H2,1-4H3. The van der Waals surface area contributed by atoms with Gasteiger partial charge in [0.25, 0.3) is 0 Å². The lowest BCUT2D eigenvalue weighted by Gasteiger charge is -2.13. The first-order valence-electron chi connectivity index (χ1n) is 6.10. The van der Waals surface area contributed by atoms with Crippen LogP contribution in [0.25, 0.3) is 0 Å². The Morgan fingerprint density at radius 1 is 1.06 bits per heavy atom. The van der Waals surface area contributed by atoms with Crippen LogP contribution in [0.4, 0.5) is 0 Å². The molecule has 0 aromatic heterocycles. The van der Waals surface area contributed by atoms with E-state index in [2.05, 4.69) is 55.7 Å². The van der Waals surface area contributed by atoms with Crippen LogP contribution in [0.3, 0.4) is 0 Å². The summed E-state index contributed by atoms with van der Waals surface area (Å²) in [5.74, 6) is 0.616. The fourth-order valence-electron chi connectivity index (χ4n) is 1.69. The summed E-state index contributed by atoms with van der Waals surface area (Å²) in [5, 5.41) is 6.65. The van der Waals surface area contributed by atoms with Gasteiger partial charge < -0.3 is 10.6 Å². The summed E-state index contributed by atoms with van der Waals surface area (Å²) in [6.45, 7) is 8.59. The van der Waals surface area contributed by atoms with Gasteiger partial charge in [0.1, 0.15) is 0 Å². The van der Waals surface area contributed by atoms with Gasteiger partial charge in [-0.3, -0.25) is 0 Å². The van der Waals surface area contributed by atoms with Gasteiger partial charge in [0.15, 0.2) is 0 Å². The average Bonchev–Trinajstić information content (AvgIpc) is 2.27. The van der Waals surface area contributed by atoms with Gasteiger partial charge in [-0.2, -0.15) is 0 Å². The number of hydrogen-bond donors (Lipinski definition) is 2. The zero-order chi connectivity index (χ0) is 12.0. The molecule has 2 heteroatoms. The van der Waals surface area contributed by atoms with Gasteiger partial charge in [0.05, 0.1) is 0 Å². The maximum absolute atomic E-state index is 3.49. The lowest BCUT2D eigenvalue weighted by atomic mass is 10.0. The summed E-state index contributed by atoms with van der Waals surface area (Å²) in [5.41, 5.74) is 2.76. The second-order valence-electron chi connectivity index (χ2n) is 4.74. The molecule has 0 aliphatic rings. The summed E-state index contributed by atoms with van der Waals surface area (Å²) in [7, 11) is 1.98. The average molecular weight is 220 g/mol. The minimum atomic E-state index is 0.509. The van der Waals surface area contributed by atoms with Crippen molar-refractivity contribution in [3.05, 3.63) is 35.4 Å². The highest BCUT2D eigenvalue weighted by Crippen LogP contribution is 2.14. The molecule has 0 heterocycles. The molecule has 1 rings (SSSR count). The minimum Gasteiger partial charge on any atom is -0.318 e. The van der Waals surface area contributed by atoms with Crippen molar-refractivity contribution in [2.24, 2.45) is 0 Å². The van der Waals surface area contributed by atoms with Crippen LogP contribution in [0, 0.1) is 0 Å². The van der Waals surface area contributed by atoms with Crippen LogP contribution in [0.1, 0.15) is 37.8 Å². The van der Waals surface area contributed by atoms with Crippen LogP contribution in [-0.2, 0) is 6.54 Å². The predicted octanol–water partition coefficient (Wildman–Crippen LogP) is 2.51. The molecule has 0 saturated heterocycles. The maximum Gasteiger partial charge on any atom is 0.0208 e. The second-order valence-corrected chi connectivity index (χ2v) is 4.74. The molecule has 1 aromatic rings. The van der Waals surface area contributed by atoms with Crippen LogP contribution in [0.5, 0.6) is 0 Å². The largest absolute Gasteiger partial charge is 0.318 e. The van der Waals surface area contributed by atoms with E-state index in [0.717, 1.165) is 13.1 Å². The predicted molar refractivity (Wildman–Crippen MR) is 70.8 cm³/mol. The van der Waals surface area contributed by atoms with Gasteiger partial charge in [-0.1, -0.05) is 38.1 Å². The molecule has 0 radical (unpaired) electrons. The molecule has 2 N–H and O–H groups in total. The van der Waals surface area contributed by atoms with Gasteiger partial charge in [-0.05, 0) is 31.0 Å². The molecular weight excluding hydrogens is 196 g/mol. The Labute approximate surface area is 99.5 Å². The SMILES string of the molecule is CNCC(C)NCc1ccc(C(C)C)cc1. The van der Waals surface area contributed by atoms with E-state index >= 15 is 0 Å². The quantitative estimate of drug-likeness (QED) is 0.770. The smallest absolute Gasteiger partial charge is 0.0208 e. The van der Waals surface area contributed by atoms with Crippen LogP contribution < -0.4 is 10.6 Å². The number of likely N-dealkylation sites (N-methyl/N-ethyl adjacent to an activating group) is 1. The molecule has 0 saturated carbocycles. The van der Waals surface area contributed by atoms with Crippen molar-refractivity contribution in [2.75, 3.05) is 13.6 Å². The molecule has 0 fully saturated rings. The van der Waals surface area contributed by atoms with Crippen molar-refractivity contribution in [1.29, 1.82) is 0 Å². The third-order valence-electron chi connectivity index (χ3n) is 2.81. The number of nitrogens with one attached hydrogen (secondary N) is 2. The summed E-state index contributed by atoms with van der Waals surface area (Å²) in [6.07, 6.45) is 0. The van der Waals surface area contributed by atoms with Crippen molar-refractivity contribution in [3.63, 3.8) is 0 Å². The lowest BCUT2D eigenvalue weighted by molar-refractivity contribution is 0.523. The normalized spacial score (nSPS) is 13.1. The second kappa shape index (κ2) is 6.66. The molecule has 1 atom stereocenters. The van der Waals surface area contributed by atoms with Gasteiger partial charge >= 0.3 is 0 Å². The Morgan fingerprint density at radius 2 is 1.69 bits per heavy atom. The van der Waals surface area contributed by atoms with E-state index in [1.165, 1.54) is 11.1 Å². The van der Waals surface area contributed by atoms with Gasteiger partial charge in [0.2, 0.25) is 0 Å². The molecule has 0 spiro atoms. The first-order chi connectivity index (χ1) is 7.63. The van der Waals surface area contributed by atoms with Gasteiger partial charge in [0, 0.05) is 19.1 Å². The van der Waals surface area contributed by atoms with E-state index in [9.17, 15) is 0 Å². The first kappa shape index (κ1) is 13.2. The highest BCUT2D eigenvalue weighted by atomic mass is 15.0. The Balaban J connectivity index is 2.43. The molecule has 0 bridgehead atoms. The van der Waals surface area contributed by atoms with Gasteiger partial charge in [-0.25, -0.2) is 0 Å². The lowest BCUT2D eigenvalue weighted by Crippen LogP contribution is -2.34. The molecule has 16 heavy (non-hydrogen) atoms. The Morgan fingerprint density at radius 3 is 2.19 bits per heavy atom. The third-order valence-corrected chi connectivity index (χ3v) is 2.81. The van der Waals surface area contributed by atoms with Crippen molar-refractivity contribution >= 4 is 0 Å². The van der Waals surface area contributed by atoms with Crippen LogP contribution >= 0.6 is 0 Å². The van der Waals surface area contributed by atoms with Crippen molar-refractivity contribution in [1.82, 2.24) is 10.6 Å². The van der Waals surface area contributed by atoms with E-state index < -0.39 is 0 Å². The van der Waals surface area contributed by atoms with Crippen molar-refractivity contribution in [2.45, 2.75) is 39.3 Å². The topological polar surface area (TPSA) is 24.1 Å². The first-order valence-corrected chi connectivity index (χ1v) is 6.10. The molecule has 0 aliphatic carbocycles. The van der Waals surface area contributed by atoms with Crippen molar-refractivity contribution < 1.29 is 0 Å². The highest BCUT2D eigenvalue weighted by Gasteiger charge is 2.01. The molecule has 0 aliphatic heterocycles. The van der Waals surface area contributed by atoms with Gasteiger partial charge in [-0.15, -0.1) is 0 Å². The maximum atomic E-state index is 3.49. The molecular formula is C14H24N2. The fourth-order valence-corrected chi connectivity index (χ4v) is 1.69. The molecule has 1 unspecified atom stereocenters. The van der Waals surface area contributed by atoms with Crippen LogP contribution in [0.15, 0.2) is 24.3 Å². The Bertz CT molecular complexity index is 290. The van der Waals surface area contributed by atoms with E-state index in [4.69, 9.17) is 0 Å². The van der Waals surface area contributed by atoms with E-state index in [1.54, 1.807) is 0 Å². The summed E-state index contributed by atoms with van der Waals surface area (Å²) < 4.78 is 0. The van der Waals surface area contributed by atoms with E-state index in [-0.39, 0.29) is 0 Å².